The Balaban J connectivity index is 2.26. The fourth-order valence-corrected chi connectivity index (χ4v) is 1.81. The molecule has 6 heteroatoms. The van der Waals surface area contributed by atoms with E-state index < -0.39 is 12.1 Å². The van der Waals surface area contributed by atoms with E-state index in [4.69, 9.17) is 14.6 Å². The van der Waals surface area contributed by atoms with Crippen molar-refractivity contribution in [3.8, 4) is 5.75 Å². The van der Waals surface area contributed by atoms with Crippen LogP contribution in [0.5, 0.6) is 5.75 Å². The molecule has 0 unspecified atom stereocenters. The highest BCUT2D eigenvalue weighted by Crippen LogP contribution is 2.23. The van der Waals surface area contributed by atoms with E-state index in [1.807, 2.05) is 0 Å². The van der Waals surface area contributed by atoms with E-state index in [0.717, 1.165) is 0 Å². The zero-order valence-electron chi connectivity index (χ0n) is 9.88. The molecule has 0 spiro atoms. The molecule has 1 aliphatic heterocycles. The second kappa shape index (κ2) is 4.95. The summed E-state index contributed by atoms with van der Waals surface area (Å²) in [6.45, 7) is 1.14. The maximum absolute atomic E-state index is 11.3. The predicted octanol–water partition coefficient (Wildman–Crippen LogP) is 1.35. The van der Waals surface area contributed by atoms with Crippen LogP contribution in [-0.2, 0) is 11.3 Å². The molecule has 96 valence electrons. The Morgan fingerprint density at radius 1 is 1.56 bits per heavy atom. The molecule has 6 nitrogen and oxygen atoms in total. The van der Waals surface area contributed by atoms with Crippen LogP contribution in [0.25, 0.3) is 0 Å². The van der Waals surface area contributed by atoms with Gasteiger partial charge in [0.25, 0.3) is 0 Å². The van der Waals surface area contributed by atoms with Gasteiger partial charge in [0.2, 0.25) is 0 Å². The van der Waals surface area contributed by atoms with Crippen molar-refractivity contribution in [1.29, 1.82) is 0 Å². The number of hydrogen-bond acceptors (Lipinski definition) is 4. The van der Waals surface area contributed by atoms with Gasteiger partial charge in [0.15, 0.2) is 0 Å². The molecule has 1 heterocycles. The summed E-state index contributed by atoms with van der Waals surface area (Å²) in [6, 6.07) is 4.56. The van der Waals surface area contributed by atoms with Gasteiger partial charge in [-0.15, -0.1) is 0 Å². The van der Waals surface area contributed by atoms with Gasteiger partial charge in [0.05, 0.1) is 25.8 Å². The van der Waals surface area contributed by atoms with Gasteiger partial charge >= 0.3 is 12.1 Å². The first kappa shape index (κ1) is 12.2. The van der Waals surface area contributed by atoms with Gasteiger partial charge in [-0.2, -0.15) is 0 Å². The third-order valence-corrected chi connectivity index (χ3v) is 2.73. The van der Waals surface area contributed by atoms with Gasteiger partial charge in [-0.25, -0.2) is 9.59 Å². The minimum atomic E-state index is -1.01. The number of methoxy groups -OCH3 is 1. The van der Waals surface area contributed by atoms with Gasteiger partial charge in [-0.05, 0) is 18.2 Å². The molecule has 0 aliphatic carbocycles. The van der Waals surface area contributed by atoms with E-state index in [1.54, 1.807) is 6.07 Å². The molecule has 1 aliphatic rings. The average Bonchev–Trinajstić information content (AvgIpc) is 2.75. The van der Waals surface area contributed by atoms with Crippen LogP contribution in [0.3, 0.4) is 0 Å². The van der Waals surface area contributed by atoms with Crippen molar-refractivity contribution in [2.24, 2.45) is 0 Å². The number of nitrogens with zero attached hydrogens (tertiary/aromatic N) is 1. The number of benzene rings is 1. The van der Waals surface area contributed by atoms with Gasteiger partial charge in [-0.3, -0.25) is 0 Å². The molecule has 0 radical (unpaired) electrons. The molecule has 1 fully saturated rings. The lowest BCUT2D eigenvalue weighted by molar-refractivity contribution is 0.0696. The van der Waals surface area contributed by atoms with Crippen molar-refractivity contribution in [3.63, 3.8) is 0 Å². The van der Waals surface area contributed by atoms with E-state index in [1.165, 1.54) is 24.1 Å². The number of amides is 1. The molecule has 1 N–H and O–H groups in total. The Morgan fingerprint density at radius 2 is 2.33 bits per heavy atom. The van der Waals surface area contributed by atoms with Crippen molar-refractivity contribution in [3.05, 3.63) is 29.3 Å². The van der Waals surface area contributed by atoms with Crippen molar-refractivity contribution >= 4 is 12.1 Å². The third kappa shape index (κ3) is 2.37. The molecular weight excluding hydrogens is 238 g/mol. The SMILES string of the molecule is COc1ccc(C(=O)O)cc1CN1CCOC1=O. The molecule has 1 amide bonds. The molecule has 0 saturated carbocycles. The number of carboxylic acid groups (broad SMARTS) is 1. The van der Waals surface area contributed by atoms with Crippen LogP contribution in [-0.4, -0.2) is 42.3 Å². The van der Waals surface area contributed by atoms with Gasteiger partial charge in [0, 0.05) is 5.56 Å². The highest BCUT2D eigenvalue weighted by molar-refractivity contribution is 5.88. The van der Waals surface area contributed by atoms with Gasteiger partial charge in [-0.1, -0.05) is 0 Å². The van der Waals surface area contributed by atoms with Gasteiger partial charge in [0.1, 0.15) is 12.4 Å². The first-order valence-corrected chi connectivity index (χ1v) is 5.43. The molecule has 1 aromatic carbocycles. The fraction of sp³-hybridized carbons (Fsp3) is 0.333. The molecule has 2 rings (SSSR count). The molecular formula is C12H13NO5. The molecule has 0 aromatic heterocycles. The summed E-state index contributed by atoms with van der Waals surface area (Å²) in [7, 11) is 1.50. The molecule has 1 aromatic rings. The van der Waals surface area contributed by atoms with Crippen molar-refractivity contribution in [2.75, 3.05) is 20.3 Å². The summed E-state index contributed by atoms with van der Waals surface area (Å²) in [4.78, 5) is 23.8. The lowest BCUT2D eigenvalue weighted by atomic mass is 10.1. The number of hydrogen-bond donors (Lipinski definition) is 1. The third-order valence-electron chi connectivity index (χ3n) is 2.73. The summed E-state index contributed by atoms with van der Waals surface area (Å²) in [5, 5.41) is 8.94. The summed E-state index contributed by atoms with van der Waals surface area (Å²) >= 11 is 0. The Kier molecular flexibility index (Phi) is 3.36. The van der Waals surface area contributed by atoms with Crippen LogP contribution in [0.4, 0.5) is 4.79 Å². The van der Waals surface area contributed by atoms with Crippen LogP contribution in [0.1, 0.15) is 15.9 Å². The van der Waals surface area contributed by atoms with Crippen LogP contribution >= 0.6 is 0 Å². The Labute approximate surface area is 104 Å². The lowest BCUT2D eigenvalue weighted by Crippen LogP contribution is -2.24. The number of carbonyl (C=O) groups excluding carboxylic acids is 1. The number of ether oxygens (including phenoxy) is 2. The van der Waals surface area contributed by atoms with Crippen LogP contribution in [0.15, 0.2) is 18.2 Å². The van der Waals surface area contributed by atoms with E-state index >= 15 is 0 Å². The first-order valence-electron chi connectivity index (χ1n) is 5.43. The number of rotatable bonds is 4. The predicted molar refractivity (Wildman–Crippen MR) is 61.7 cm³/mol. The second-order valence-corrected chi connectivity index (χ2v) is 3.87. The Hall–Kier alpha value is -2.24. The number of cyclic esters (lactones) is 1. The lowest BCUT2D eigenvalue weighted by Gasteiger charge is -2.15. The maximum Gasteiger partial charge on any atom is 0.410 e. The smallest absolute Gasteiger partial charge is 0.410 e. The van der Waals surface area contributed by atoms with E-state index in [2.05, 4.69) is 0 Å². The zero-order valence-corrected chi connectivity index (χ0v) is 9.88. The Morgan fingerprint density at radius 3 is 2.89 bits per heavy atom. The molecule has 0 bridgehead atoms. The minimum Gasteiger partial charge on any atom is -0.496 e. The van der Waals surface area contributed by atoms with E-state index in [9.17, 15) is 9.59 Å². The molecule has 1 saturated heterocycles. The second-order valence-electron chi connectivity index (χ2n) is 3.87. The summed E-state index contributed by atoms with van der Waals surface area (Å²) in [6.07, 6.45) is -0.391. The number of carbonyl (C=O) groups is 2. The van der Waals surface area contributed by atoms with Crippen molar-refractivity contribution in [2.45, 2.75) is 6.54 Å². The number of aromatic carboxylic acids is 1. The average molecular weight is 251 g/mol. The van der Waals surface area contributed by atoms with E-state index in [-0.39, 0.29) is 12.1 Å². The van der Waals surface area contributed by atoms with E-state index in [0.29, 0.717) is 24.5 Å². The number of carboxylic acids is 1. The highest BCUT2D eigenvalue weighted by Gasteiger charge is 2.23. The monoisotopic (exact) mass is 251 g/mol. The standard InChI is InChI=1S/C12H13NO5/c1-17-10-3-2-8(11(14)15)6-9(10)7-13-4-5-18-12(13)16/h2-3,6H,4-5,7H2,1H3,(H,14,15). The van der Waals surface area contributed by atoms with Crippen LogP contribution in [0, 0.1) is 0 Å². The normalized spacial score (nSPS) is 14.5. The minimum absolute atomic E-state index is 0.165. The quantitative estimate of drug-likeness (QED) is 0.874. The highest BCUT2D eigenvalue weighted by atomic mass is 16.6. The molecule has 18 heavy (non-hydrogen) atoms. The zero-order chi connectivity index (χ0) is 13.1. The van der Waals surface area contributed by atoms with Crippen LogP contribution in [0.2, 0.25) is 0 Å². The largest absolute Gasteiger partial charge is 0.496 e. The van der Waals surface area contributed by atoms with Crippen molar-refractivity contribution in [1.82, 2.24) is 4.90 Å². The summed E-state index contributed by atoms with van der Waals surface area (Å²) in [5.74, 6) is -0.456. The Bertz CT molecular complexity index is 485. The fourth-order valence-electron chi connectivity index (χ4n) is 1.81. The first-order chi connectivity index (χ1) is 8.61. The van der Waals surface area contributed by atoms with Crippen LogP contribution < -0.4 is 4.74 Å². The maximum atomic E-state index is 11.3. The van der Waals surface area contributed by atoms with Crippen molar-refractivity contribution < 1.29 is 24.2 Å². The summed E-state index contributed by atoms with van der Waals surface area (Å²) in [5.41, 5.74) is 0.814. The molecule has 0 atom stereocenters. The van der Waals surface area contributed by atoms with Gasteiger partial charge < -0.3 is 19.5 Å². The topological polar surface area (TPSA) is 76.1 Å². The summed E-state index contributed by atoms with van der Waals surface area (Å²) < 4.78 is 9.97.